The first-order chi connectivity index (χ1) is 17.9. The Morgan fingerprint density at radius 2 is 1.03 bits per heavy atom. The Morgan fingerprint density at radius 3 is 1.75 bits per heavy atom. The van der Waals surface area contributed by atoms with Crippen LogP contribution >= 0.6 is 0 Å². The topological polar surface area (TPSA) is 0 Å². The van der Waals surface area contributed by atoms with E-state index in [0.717, 1.165) is 0 Å². The second kappa shape index (κ2) is 10.2. The van der Waals surface area contributed by atoms with Gasteiger partial charge in [-0.05, 0) is 86.3 Å². The van der Waals surface area contributed by atoms with E-state index in [9.17, 15) is 0 Å². The SMILES string of the molecule is C(=Cc1cc2c3c(ccc2c2ccccc12)CCCC3)c1ccccc1.c1ccc2ccccc2c1. The van der Waals surface area contributed by atoms with Crippen LogP contribution in [0.4, 0.5) is 0 Å². The van der Waals surface area contributed by atoms with Gasteiger partial charge in [-0.25, -0.2) is 0 Å². The molecule has 36 heavy (non-hydrogen) atoms. The monoisotopic (exact) mass is 462 g/mol. The van der Waals surface area contributed by atoms with E-state index in [1.165, 1.54) is 69.1 Å². The smallest absolute Gasteiger partial charge is 0.00993 e. The lowest BCUT2D eigenvalue weighted by Gasteiger charge is -2.19. The maximum absolute atomic E-state index is 2.42. The summed E-state index contributed by atoms with van der Waals surface area (Å²) in [7, 11) is 0. The third kappa shape index (κ3) is 4.55. The van der Waals surface area contributed by atoms with Gasteiger partial charge in [0.2, 0.25) is 0 Å². The van der Waals surface area contributed by atoms with Crippen molar-refractivity contribution in [1.82, 2.24) is 0 Å². The summed E-state index contributed by atoms with van der Waals surface area (Å²) in [5.74, 6) is 0. The molecule has 0 saturated carbocycles. The fourth-order valence-corrected chi connectivity index (χ4v) is 5.48. The molecular formula is C36H30. The Kier molecular flexibility index (Phi) is 6.33. The van der Waals surface area contributed by atoms with Crippen molar-refractivity contribution in [2.24, 2.45) is 0 Å². The molecule has 0 amide bonds. The van der Waals surface area contributed by atoms with E-state index in [-0.39, 0.29) is 0 Å². The van der Waals surface area contributed by atoms with Crippen LogP contribution in [-0.4, -0.2) is 0 Å². The lowest BCUT2D eigenvalue weighted by Crippen LogP contribution is -2.03. The van der Waals surface area contributed by atoms with E-state index in [1.54, 1.807) is 11.1 Å². The standard InChI is InChI=1S/C26H22.C10H8/c1-2-8-19(9-3-1)14-15-21-18-26-22-11-5-4-10-20(22)16-17-25(26)24-13-7-6-12-23(21)24;1-2-6-10-8-4-3-7-9(10)5-1/h1-3,6-9,12-18H,4-5,10-11H2;1-8H. The normalized spacial score (nSPS) is 13.0. The molecule has 174 valence electrons. The number of benzene rings is 6. The molecule has 0 aliphatic heterocycles. The number of aryl methyl sites for hydroxylation is 2. The molecule has 7 rings (SSSR count). The molecule has 0 unspecified atom stereocenters. The summed E-state index contributed by atoms with van der Waals surface area (Å²) >= 11 is 0. The third-order valence-corrected chi connectivity index (χ3v) is 7.32. The summed E-state index contributed by atoms with van der Waals surface area (Å²) in [6.45, 7) is 0. The maximum Gasteiger partial charge on any atom is -0.00993 e. The van der Waals surface area contributed by atoms with Crippen LogP contribution < -0.4 is 0 Å². The number of rotatable bonds is 2. The number of hydrogen-bond donors (Lipinski definition) is 0. The Hall–Kier alpha value is -4.16. The molecular weight excluding hydrogens is 432 g/mol. The van der Waals surface area contributed by atoms with Crippen LogP contribution in [0.25, 0.3) is 44.5 Å². The van der Waals surface area contributed by atoms with Gasteiger partial charge in [-0.15, -0.1) is 0 Å². The van der Waals surface area contributed by atoms with Crippen molar-refractivity contribution in [2.45, 2.75) is 25.7 Å². The van der Waals surface area contributed by atoms with Crippen LogP contribution in [0.5, 0.6) is 0 Å². The van der Waals surface area contributed by atoms with E-state index < -0.39 is 0 Å². The lowest BCUT2D eigenvalue weighted by atomic mass is 9.85. The minimum Gasteiger partial charge on any atom is -0.0622 e. The largest absolute Gasteiger partial charge is 0.0622 e. The van der Waals surface area contributed by atoms with Crippen molar-refractivity contribution in [1.29, 1.82) is 0 Å². The molecule has 0 spiro atoms. The van der Waals surface area contributed by atoms with Crippen LogP contribution in [0.15, 0.2) is 121 Å². The first-order valence-corrected chi connectivity index (χ1v) is 13.0. The molecule has 0 aromatic heterocycles. The quantitative estimate of drug-likeness (QED) is 0.177. The number of hydrogen-bond acceptors (Lipinski definition) is 0. The van der Waals surface area contributed by atoms with Gasteiger partial charge < -0.3 is 0 Å². The molecule has 1 aliphatic rings. The molecule has 0 atom stereocenters. The average Bonchev–Trinajstić information content (AvgIpc) is 2.97. The summed E-state index contributed by atoms with van der Waals surface area (Å²) in [4.78, 5) is 0. The fourth-order valence-electron chi connectivity index (χ4n) is 5.48. The number of fused-ring (bicyclic) bond motifs is 6. The van der Waals surface area contributed by atoms with Gasteiger partial charge in [-0.1, -0.05) is 127 Å². The second-order valence-electron chi connectivity index (χ2n) is 9.61. The summed E-state index contributed by atoms with van der Waals surface area (Å²) in [5.41, 5.74) is 5.69. The molecule has 0 heterocycles. The minimum atomic E-state index is 1.22. The summed E-state index contributed by atoms with van der Waals surface area (Å²) < 4.78 is 0. The van der Waals surface area contributed by atoms with Crippen molar-refractivity contribution in [3.63, 3.8) is 0 Å². The zero-order valence-electron chi connectivity index (χ0n) is 20.5. The lowest BCUT2D eigenvalue weighted by molar-refractivity contribution is 0.690. The van der Waals surface area contributed by atoms with Gasteiger partial charge in [-0.2, -0.15) is 0 Å². The highest BCUT2D eigenvalue weighted by Gasteiger charge is 2.14. The molecule has 6 aromatic carbocycles. The Labute approximate surface area is 213 Å². The van der Waals surface area contributed by atoms with Gasteiger partial charge in [0.15, 0.2) is 0 Å². The highest BCUT2D eigenvalue weighted by atomic mass is 14.2. The zero-order chi connectivity index (χ0) is 24.2. The van der Waals surface area contributed by atoms with Gasteiger partial charge in [0.05, 0.1) is 0 Å². The first kappa shape index (κ1) is 22.3. The maximum atomic E-state index is 2.42. The van der Waals surface area contributed by atoms with Crippen molar-refractivity contribution in [3.8, 4) is 0 Å². The van der Waals surface area contributed by atoms with Gasteiger partial charge >= 0.3 is 0 Å². The zero-order valence-corrected chi connectivity index (χ0v) is 20.5. The Bertz CT molecular complexity index is 1610. The van der Waals surface area contributed by atoms with Gasteiger partial charge in [0.1, 0.15) is 0 Å². The molecule has 0 radical (unpaired) electrons. The molecule has 0 saturated heterocycles. The van der Waals surface area contributed by atoms with Crippen LogP contribution in [-0.2, 0) is 12.8 Å². The van der Waals surface area contributed by atoms with Gasteiger partial charge in [-0.3, -0.25) is 0 Å². The van der Waals surface area contributed by atoms with Crippen molar-refractivity contribution in [3.05, 3.63) is 144 Å². The van der Waals surface area contributed by atoms with Gasteiger partial charge in [0, 0.05) is 0 Å². The second-order valence-corrected chi connectivity index (χ2v) is 9.61. The van der Waals surface area contributed by atoms with E-state index in [2.05, 4.69) is 133 Å². The molecule has 6 aromatic rings. The summed E-state index contributed by atoms with van der Waals surface area (Å²) in [5, 5.41) is 8.18. The van der Waals surface area contributed by atoms with Crippen molar-refractivity contribution < 1.29 is 0 Å². The predicted octanol–water partition coefficient (Wildman–Crippen LogP) is 9.88. The van der Waals surface area contributed by atoms with Crippen LogP contribution in [0, 0.1) is 0 Å². The van der Waals surface area contributed by atoms with Crippen molar-refractivity contribution >= 4 is 44.5 Å². The molecule has 0 bridgehead atoms. The van der Waals surface area contributed by atoms with E-state index in [0.29, 0.717) is 0 Å². The molecule has 0 nitrogen and oxygen atoms in total. The van der Waals surface area contributed by atoms with Crippen LogP contribution in [0.3, 0.4) is 0 Å². The Morgan fingerprint density at radius 1 is 0.444 bits per heavy atom. The Balaban J connectivity index is 0.000000200. The third-order valence-electron chi connectivity index (χ3n) is 7.32. The average molecular weight is 463 g/mol. The molecule has 0 fully saturated rings. The summed E-state index contributed by atoms with van der Waals surface area (Å²) in [6, 6.07) is 43.2. The van der Waals surface area contributed by atoms with Crippen molar-refractivity contribution in [2.75, 3.05) is 0 Å². The fraction of sp³-hybridized carbons (Fsp3) is 0.111. The van der Waals surface area contributed by atoms with Gasteiger partial charge in [0.25, 0.3) is 0 Å². The minimum absolute atomic E-state index is 1.22. The molecule has 0 N–H and O–H groups in total. The highest BCUT2D eigenvalue weighted by molar-refractivity contribution is 6.12. The van der Waals surface area contributed by atoms with Crippen LogP contribution in [0.1, 0.15) is 35.1 Å². The highest BCUT2D eigenvalue weighted by Crippen LogP contribution is 2.35. The van der Waals surface area contributed by atoms with E-state index in [4.69, 9.17) is 0 Å². The van der Waals surface area contributed by atoms with Crippen LogP contribution in [0.2, 0.25) is 0 Å². The van der Waals surface area contributed by atoms with E-state index in [1.807, 2.05) is 0 Å². The molecule has 0 heteroatoms. The predicted molar refractivity (Wildman–Crippen MR) is 157 cm³/mol. The summed E-state index contributed by atoms with van der Waals surface area (Å²) in [6.07, 6.45) is 9.59. The van der Waals surface area contributed by atoms with E-state index >= 15 is 0 Å². The molecule has 1 aliphatic carbocycles. The first-order valence-electron chi connectivity index (χ1n) is 13.0.